The number of aliphatic carboxylic acids is 5. The quantitative estimate of drug-likeness (QED) is 0.434. The maximum absolute atomic E-state index is 9.55. The molecule has 22 heavy (non-hydrogen) atoms. The molecule has 0 aromatic rings. The summed E-state index contributed by atoms with van der Waals surface area (Å²) in [5, 5.41) is 39.1. The summed E-state index contributed by atoms with van der Waals surface area (Å²) in [6.07, 6.45) is 4.79. The molecule has 0 aliphatic rings. The molecule has 0 saturated heterocycles. The predicted octanol–water partition coefficient (Wildman–Crippen LogP) is 0.0707. The Morgan fingerprint density at radius 2 is 0.682 bits per heavy atom. The zero-order valence-electron chi connectivity index (χ0n) is 11.2. The summed E-state index contributed by atoms with van der Waals surface area (Å²) in [4.78, 5) is 47.7. The summed E-state index contributed by atoms with van der Waals surface area (Å²) in [5.41, 5.74) is 0. The van der Waals surface area contributed by atoms with Crippen LogP contribution in [0.5, 0.6) is 0 Å². The van der Waals surface area contributed by atoms with Gasteiger partial charge in [0.15, 0.2) is 0 Å². The van der Waals surface area contributed by atoms with Gasteiger partial charge in [-0.3, -0.25) is 0 Å². The van der Waals surface area contributed by atoms with E-state index in [-0.39, 0.29) is 0 Å². The van der Waals surface area contributed by atoms with Gasteiger partial charge in [0.2, 0.25) is 0 Å². The average molecular weight is 318 g/mol. The fraction of sp³-hybridized carbons (Fsp3) is 0.0833. The molecule has 0 rings (SSSR count). The third-order valence-corrected chi connectivity index (χ3v) is 1.05. The number of hydrogen-bond donors (Lipinski definition) is 5. The largest absolute Gasteiger partial charge is 0.478 e. The van der Waals surface area contributed by atoms with Crippen molar-refractivity contribution in [2.45, 2.75) is 6.92 Å². The van der Waals surface area contributed by atoms with Crippen molar-refractivity contribution in [3.63, 3.8) is 0 Å². The lowest BCUT2D eigenvalue weighted by atomic mass is 10.5. The molecular formula is C12H14O10. The van der Waals surface area contributed by atoms with Crippen LogP contribution in [-0.4, -0.2) is 55.4 Å². The van der Waals surface area contributed by atoms with Gasteiger partial charge >= 0.3 is 29.8 Å². The van der Waals surface area contributed by atoms with E-state index < -0.39 is 29.8 Å². The molecule has 10 nitrogen and oxygen atoms in total. The first-order valence-electron chi connectivity index (χ1n) is 5.16. The van der Waals surface area contributed by atoms with Gasteiger partial charge in [0.25, 0.3) is 0 Å². The van der Waals surface area contributed by atoms with Crippen molar-refractivity contribution >= 4 is 29.8 Å². The van der Waals surface area contributed by atoms with E-state index >= 15 is 0 Å². The minimum atomic E-state index is -1.26. The van der Waals surface area contributed by atoms with Crippen LogP contribution in [0.3, 0.4) is 0 Å². The Bertz CT molecular complexity index is 418. The SMILES string of the molecule is C/C=C/C(=O)O.O=C(O)/C=C/C(=O)O.O=C(O)/C=C\C(=O)O. The molecule has 10 heteroatoms. The summed E-state index contributed by atoms with van der Waals surface area (Å²) < 4.78 is 0. The van der Waals surface area contributed by atoms with Gasteiger partial charge in [0, 0.05) is 30.4 Å². The standard InChI is InChI=1S/2C4H4O4.C4H6O2/c2*5-3(6)1-2-4(7)8;1-2-3-4(5)6/h2*1-2H,(H,5,6)(H,7,8);2-3H,1H3,(H,5,6)/b2-1+;2-1-;3-2+. The number of hydrogen-bond acceptors (Lipinski definition) is 5. The van der Waals surface area contributed by atoms with Crippen molar-refractivity contribution in [3.8, 4) is 0 Å². The molecule has 122 valence electrons. The van der Waals surface area contributed by atoms with Crippen molar-refractivity contribution in [1.29, 1.82) is 0 Å². The van der Waals surface area contributed by atoms with Gasteiger partial charge < -0.3 is 25.5 Å². The van der Waals surface area contributed by atoms with Crippen LogP contribution in [0.15, 0.2) is 36.5 Å². The van der Waals surface area contributed by atoms with Crippen LogP contribution >= 0.6 is 0 Å². The molecule has 0 heterocycles. The molecular weight excluding hydrogens is 304 g/mol. The topological polar surface area (TPSA) is 186 Å². The van der Waals surface area contributed by atoms with E-state index in [1.54, 1.807) is 6.92 Å². The molecule has 0 unspecified atom stereocenters. The van der Waals surface area contributed by atoms with Gasteiger partial charge in [0.05, 0.1) is 0 Å². The lowest BCUT2D eigenvalue weighted by Crippen LogP contribution is -1.91. The Morgan fingerprint density at radius 1 is 0.500 bits per heavy atom. The van der Waals surface area contributed by atoms with E-state index in [0.29, 0.717) is 24.3 Å². The van der Waals surface area contributed by atoms with Gasteiger partial charge in [-0.1, -0.05) is 6.08 Å². The number of rotatable bonds is 5. The Labute approximate surface area is 123 Å². The Kier molecular flexibility index (Phi) is 16.8. The summed E-state index contributed by atoms with van der Waals surface area (Å²) >= 11 is 0. The second kappa shape index (κ2) is 15.6. The third kappa shape index (κ3) is 43.9. The number of carboxylic acid groups (broad SMARTS) is 5. The monoisotopic (exact) mass is 318 g/mol. The summed E-state index contributed by atoms with van der Waals surface area (Å²) in [6, 6.07) is 0. The molecule has 0 aromatic heterocycles. The highest BCUT2D eigenvalue weighted by Gasteiger charge is 1.88. The highest BCUT2D eigenvalue weighted by Crippen LogP contribution is 1.71. The highest BCUT2D eigenvalue weighted by molar-refractivity contribution is 5.90. The molecule has 0 aromatic carbocycles. The van der Waals surface area contributed by atoms with Gasteiger partial charge in [0.1, 0.15) is 0 Å². The zero-order valence-corrected chi connectivity index (χ0v) is 11.2. The van der Waals surface area contributed by atoms with Crippen LogP contribution in [0.1, 0.15) is 6.92 Å². The lowest BCUT2D eigenvalue weighted by molar-refractivity contribution is -0.134. The first-order chi connectivity index (χ1) is 10.0. The maximum Gasteiger partial charge on any atom is 0.328 e. The van der Waals surface area contributed by atoms with E-state index in [1.807, 2.05) is 0 Å². The Balaban J connectivity index is -0.000000249. The van der Waals surface area contributed by atoms with E-state index in [1.165, 1.54) is 6.08 Å². The van der Waals surface area contributed by atoms with Crippen LogP contribution in [-0.2, 0) is 24.0 Å². The van der Waals surface area contributed by atoms with Crippen molar-refractivity contribution in [3.05, 3.63) is 36.5 Å². The van der Waals surface area contributed by atoms with Gasteiger partial charge in [-0.2, -0.15) is 0 Å². The fourth-order valence-electron chi connectivity index (χ4n) is 0.428. The normalized spacial score (nSPS) is 9.50. The van der Waals surface area contributed by atoms with Crippen LogP contribution in [0.4, 0.5) is 0 Å². The van der Waals surface area contributed by atoms with E-state index in [2.05, 4.69) is 0 Å². The van der Waals surface area contributed by atoms with Crippen LogP contribution in [0.25, 0.3) is 0 Å². The molecule has 0 atom stereocenters. The lowest BCUT2D eigenvalue weighted by Gasteiger charge is -1.74. The minimum absolute atomic E-state index is 0.558. The minimum Gasteiger partial charge on any atom is -0.478 e. The summed E-state index contributed by atoms with van der Waals surface area (Å²) in [5.74, 6) is -5.92. The first kappa shape index (κ1) is 23.6. The predicted molar refractivity (Wildman–Crippen MR) is 71.3 cm³/mol. The smallest absolute Gasteiger partial charge is 0.328 e. The highest BCUT2D eigenvalue weighted by atomic mass is 16.4. The van der Waals surface area contributed by atoms with Crippen molar-refractivity contribution in [1.82, 2.24) is 0 Å². The van der Waals surface area contributed by atoms with Gasteiger partial charge in [-0.25, -0.2) is 24.0 Å². The number of carboxylic acids is 5. The van der Waals surface area contributed by atoms with Crippen LogP contribution in [0.2, 0.25) is 0 Å². The molecule has 0 amide bonds. The maximum atomic E-state index is 9.55. The van der Waals surface area contributed by atoms with Crippen LogP contribution in [0, 0.1) is 0 Å². The average Bonchev–Trinajstić information content (AvgIpc) is 2.35. The molecule has 0 fully saturated rings. The van der Waals surface area contributed by atoms with E-state index in [9.17, 15) is 24.0 Å². The Morgan fingerprint density at radius 3 is 0.727 bits per heavy atom. The molecule has 0 saturated carbocycles. The molecule has 0 bridgehead atoms. The molecule has 0 aliphatic carbocycles. The van der Waals surface area contributed by atoms with Crippen LogP contribution < -0.4 is 0 Å². The Hall–Kier alpha value is -3.43. The summed E-state index contributed by atoms with van der Waals surface area (Å²) in [7, 11) is 0. The second-order valence-electron chi connectivity index (χ2n) is 2.86. The summed E-state index contributed by atoms with van der Waals surface area (Å²) in [6.45, 7) is 1.66. The molecule has 5 N–H and O–H groups in total. The molecule has 0 aliphatic heterocycles. The van der Waals surface area contributed by atoms with E-state index in [4.69, 9.17) is 25.5 Å². The van der Waals surface area contributed by atoms with Crippen molar-refractivity contribution < 1.29 is 49.5 Å². The van der Waals surface area contributed by atoms with E-state index in [0.717, 1.165) is 6.08 Å². The molecule has 0 spiro atoms. The molecule has 0 radical (unpaired) electrons. The van der Waals surface area contributed by atoms with Crippen molar-refractivity contribution in [2.24, 2.45) is 0 Å². The van der Waals surface area contributed by atoms with Gasteiger partial charge in [-0.05, 0) is 6.92 Å². The van der Waals surface area contributed by atoms with Gasteiger partial charge in [-0.15, -0.1) is 0 Å². The third-order valence-electron chi connectivity index (χ3n) is 1.05. The number of carbonyl (C=O) groups is 5. The zero-order chi connectivity index (χ0) is 18.1. The first-order valence-corrected chi connectivity index (χ1v) is 5.16. The second-order valence-corrected chi connectivity index (χ2v) is 2.86. The van der Waals surface area contributed by atoms with Crippen molar-refractivity contribution in [2.75, 3.05) is 0 Å². The fourth-order valence-corrected chi connectivity index (χ4v) is 0.428. The number of allylic oxidation sites excluding steroid dienone is 1.